The third-order valence-electron chi connectivity index (χ3n) is 1.02. The molecule has 0 spiro atoms. The van der Waals surface area contributed by atoms with Crippen molar-refractivity contribution < 1.29 is 14.6 Å². The molecular weight excluding hydrogens is 184 g/mol. The van der Waals surface area contributed by atoms with E-state index in [1.54, 1.807) is 0 Å². The van der Waals surface area contributed by atoms with E-state index in [4.69, 9.17) is 21.4 Å². The normalized spacial score (nSPS) is 14.8. The first kappa shape index (κ1) is 11.6. The summed E-state index contributed by atoms with van der Waals surface area (Å²) in [6, 6.07) is 0. The Morgan fingerprint density at radius 1 is 1.75 bits per heavy atom. The summed E-state index contributed by atoms with van der Waals surface area (Å²) in [6.07, 6.45) is 0. The van der Waals surface area contributed by atoms with E-state index in [2.05, 4.69) is 10.6 Å². The fraction of sp³-hybridized carbons (Fsp3) is 0.833. The third kappa shape index (κ3) is 7.74. The average Bonchev–Trinajstić information content (AvgIpc) is 2.62. The zero-order valence-electron chi connectivity index (χ0n) is 6.68. The minimum absolute atomic E-state index is 0.0967. The van der Waals surface area contributed by atoms with Crippen LogP contribution in [0.3, 0.4) is 0 Å². The van der Waals surface area contributed by atoms with E-state index in [0.29, 0.717) is 0 Å². The van der Waals surface area contributed by atoms with Gasteiger partial charge in [-0.05, 0) is 0 Å². The molecule has 0 unspecified atom stereocenters. The van der Waals surface area contributed by atoms with E-state index >= 15 is 0 Å². The van der Waals surface area contributed by atoms with Crippen molar-refractivity contribution >= 4 is 17.5 Å². The van der Waals surface area contributed by atoms with Gasteiger partial charge in [0.15, 0.2) is 0 Å². The maximum Gasteiger partial charge on any atom is 0.236 e. The lowest BCUT2D eigenvalue weighted by Gasteiger charge is -1.91. The quantitative estimate of drug-likeness (QED) is 0.386. The van der Waals surface area contributed by atoms with Crippen molar-refractivity contribution in [3.8, 4) is 0 Å². The molecule has 6 heteroatoms. The lowest BCUT2D eigenvalue weighted by Crippen LogP contribution is -2.24. The molecule has 1 fully saturated rings. The maximum atomic E-state index is 10.0. The number of alkyl halides is 1. The summed E-state index contributed by atoms with van der Waals surface area (Å²) >= 11 is 5.01. The Morgan fingerprint density at radius 2 is 2.50 bits per heavy atom. The average molecular weight is 197 g/mol. The number of carbonyl (C=O) groups is 1. The fourth-order valence-corrected chi connectivity index (χ4v) is 0.591. The van der Waals surface area contributed by atoms with Crippen molar-refractivity contribution in [3.05, 3.63) is 0 Å². The van der Waals surface area contributed by atoms with Gasteiger partial charge in [0, 0.05) is 6.54 Å². The van der Waals surface area contributed by atoms with Gasteiger partial charge in [-0.25, -0.2) is 0 Å². The summed E-state index contributed by atoms with van der Waals surface area (Å²) < 4.78 is 4.83. The molecule has 1 aliphatic heterocycles. The van der Waals surface area contributed by atoms with Gasteiger partial charge in [-0.3, -0.25) is 10.1 Å². The van der Waals surface area contributed by atoms with Crippen LogP contribution in [0.25, 0.3) is 0 Å². The van der Waals surface area contributed by atoms with E-state index in [0.717, 1.165) is 19.9 Å². The van der Waals surface area contributed by atoms with Crippen LogP contribution < -0.4 is 10.6 Å². The van der Waals surface area contributed by atoms with Crippen LogP contribution in [0.4, 0.5) is 0 Å². The third-order valence-corrected chi connectivity index (χ3v) is 1.27. The second kappa shape index (κ2) is 8.73. The monoisotopic (exact) mass is 196 g/mol. The number of aliphatic hydroxyl groups is 1. The summed E-state index contributed by atoms with van der Waals surface area (Å²) in [5.74, 6) is -0.454. The second-order valence-corrected chi connectivity index (χ2v) is 2.21. The Hall–Kier alpha value is -0.360. The van der Waals surface area contributed by atoms with Crippen molar-refractivity contribution in [2.24, 2.45) is 0 Å². The van der Waals surface area contributed by atoms with Gasteiger partial charge in [-0.1, -0.05) is 0 Å². The highest BCUT2D eigenvalue weighted by Gasteiger charge is 1.92. The highest BCUT2D eigenvalue weighted by Crippen LogP contribution is 1.75. The van der Waals surface area contributed by atoms with Crippen LogP contribution in [0.1, 0.15) is 0 Å². The Kier molecular flexibility index (Phi) is 8.47. The van der Waals surface area contributed by atoms with Gasteiger partial charge in [0.1, 0.15) is 12.6 Å². The van der Waals surface area contributed by atoms with Gasteiger partial charge < -0.3 is 15.2 Å². The molecule has 1 rings (SSSR count). The van der Waals surface area contributed by atoms with Crippen LogP contribution in [0.2, 0.25) is 0 Å². The van der Waals surface area contributed by atoms with Crippen molar-refractivity contribution in [1.82, 2.24) is 10.6 Å². The molecule has 1 amide bonds. The zero-order chi connectivity index (χ0) is 9.23. The van der Waals surface area contributed by atoms with Crippen LogP contribution in [-0.4, -0.2) is 43.5 Å². The van der Waals surface area contributed by atoms with Crippen molar-refractivity contribution in [2.45, 2.75) is 0 Å². The largest absolute Gasteiger partial charge is 0.377 e. The first-order valence-electron chi connectivity index (χ1n) is 3.53. The zero-order valence-corrected chi connectivity index (χ0v) is 7.43. The van der Waals surface area contributed by atoms with Crippen LogP contribution >= 0.6 is 11.6 Å². The summed E-state index contributed by atoms with van der Waals surface area (Å²) in [5, 5.41) is 13.1. The smallest absolute Gasteiger partial charge is 0.236 e. The summed E-state index contributed by atoms with van der Waals surface area (Å²) in [7, 11) is 0. The minimum Gasteiger partial charge on any atom is -0.377 e. The first-order valence-corrected chi connectivity index (χ1v) is 4.06. The molecule has 1 heterocycles. The van der Waals surface area contributed by atoms with Gasteiger partial charge in [0.2, 0.25) is 5.91 Å². The minimum atomic E-state index is -0.357. The Labute approximate surface area is 76.0 Å². The molecule has 0 aliphatic carbocycles. The molecule has 0 aromatic carbocycles. The number of halogens is 1. The number of hydrogen-bond acceptors (Lipinski definition) is 4. The number of nitrogens with one attached hydrogen (secondary N) is 2. The van der Waals surface area contributed by atoms with Gasteiger partial charge in [0.05, 0.1) is 13.3 Å². The summed E-state index contributed by atoms with van der Waals surface area (Å²) in [5.41, 5.74) is 0. The number of aliphatic hydroxyl groups excluding tert-OH is 1. The van der Waals surface area contributed by atoms with Gasteiger partial charge in [-0.15, -0.1) is 11.6 Å². The molecule has 1 saturated heterocycles. The highest BCUT2D eigenvalue weighted by atomic mass is 35.5. The van der Waals surface area contributed by atoms with Gasteiger partial charge >= 0.3 is 0 Å². The summed E-state index contributed by atoms with van der Waals surface area (Å²) in [6.45, 7) is 2.32. The summed E-state index contributed by atoms with van der Waals surface area (Å²) in [4.78, 5) is 10.0. The lowest BCUT2D eigenvalue weighted by atomic mass is 10.7. The van der Waals surface area contributed by atoms with Crippen molar-refractivity contribution in [1.29, 1.82) is 0 Å². The van der Waals surface area contributed by atoms with Gasteiger partial charge in [-0.2, -0.15) is 0 Å². The second-order valence-electron chi connectivity index (χ2n) is 1.94. The van der Waals surface area contributed by atoms with Crippen LogP contribution in [0.5, 0.6) is 0 Å². The fourth-order valence-electron chi connectivity index (χ4n) is 0.496. The van der Waals surface area contributed by atoms with E-state index in [1.807, 2.05) is 0 Å². The SMILES string of the molecule is C1COCN1.O=C(CCl)NCO. The molecule has 0 aromatic heterocycles. The molecule has 72 valence electrons. The van der Waals surface area contributed by atoms with E-state index in [9.17, 15) is 4.79 Å². The van der Waals surface area contributed by atoms with E-state index in [-0.39, 0.29) is 18.5 Å². The maximum absolute atomic E-state index is 10.0. The Balaban J connectivity index is 0.000000211. The van der Waals surface area contributed by atoms with Crippen LogP contribution in [0.15, 0.2) is 0 Å². The van der Waals surface area contributed by atoms with Crippen LogP contribution in [0, 0.1) is 0 Å². The van der Waals surface area contributed by atoms with E-state index < -0.39 is 0 Å². The molecule has 0 bridgehead atoms. The predicted octanol–water partition coefficient (Wildman–Crippen LogP) is -1.15. The van der Waals surface area contributed by atoms with Crippen molar-refractivity contribution in [3.63, 3.8) is 0 Å². The molecule has 0 radical (unpaired) electrons. The van der Waals surface area contributed by atoms with Crippen LogP contribution in [-0.2, 0) is 9.53 Å². The van der Waals surface area contributed by atoms with Gasteiger partial charge in [0.25, 0.3) is 0 Å². The molecule has 0 atom stereocenters. The Bertz CT molecular complexity index is 112. The molecule has 5 nitrogen and oxygen atoms in total. The molecule has 3 N–H and O–H groups in total. The lowest BCUT2D eigenvalue weighted by molar-refractivity contribution is -0.119. The van der Waals surface area contributed by atoms with E-state index in [1.165, 1.54) is 0 Å². The molecule has 0 saturated carbocycles. The first-order chi connectivity index (χ1) is 5.81. The number of carbonyl (C=O) groups excluding carboxylic acids is 1. The predicted molar refractivity (Wildman–Crippen MR) is 44.8 cm³/mol. The highest BCUT2D eigenvalue weighted by molar-refractivity contribution is 6.27. The molecule has 1 aliphatic rings. The number of hydrogen-bond donors (Lipinski definition) is 3. The number of ether oxygens (including phenoxy) is 1. The molecule has 0 aromatic rings. The number of rotatable bonds is 2. The topological polar surface area (TPSA) is 70.6 Å². The van der Waals surface area contributed by atoms with Crippen molar-refractivity contribution in [2.75, 3.05) is 32.5 Å². The standard InChI is InChI=1S/C3H6ClNO2.C3H7NO/c4-1-3(7)5-2-6;1-2-5-3-4-1/h6H,1-2H2,(H,5,7);4H,1-3H2. The molecule has 12 heavy (non-hydrogen) atoms. The number of amides is 1. The molecular formula is C6H13ClN2O3. The Morgan fingerprint density at radius 3 is 2.67 bits per heavy atom.